The number of pyridine rings is 1. The van der Waals surface area contributed by atoms with Gasteiger partial charge in [-0.05, 0) is 44.6 Å². The molecule has 0 atom stereocenters. The highest BCUT2D eigenvalue weighted by molar-refractivity contribution is 5.93. The van der Waals surface area contributed by atoms with Crippen molar-refractivity contribution in [2.75, 3.05) is 33.2 Å². The number of piperazine rings is 1. The van der Waals surface area contributed by atoms with Gasteiger partial charge in [0.2, 0.25) is 11.8 Å². The highest BCUT2D eigenvalue weighted by Crippen LogP contribution is 2.30. The number of ether oxygens (including phenoxy) is 1. The van der Waals surface area contributed by atoms with E-state index in [1.54, 1.807) is 19.2 Å². The molecule has 4 rings (SSSR count). The standard InChI is InChI=1S/C22H32N4O3/c1-23-21(27)17-7-10-20(24-15-17)29-19-8-5-16(6-9-19)22(28)26-13-11-25(12-14-26)18-3-2-4-18/h7,10,15-16,18-19H,2-6,8-9,11-14H2,1H3,(H,23,27). The smallest absolute Gasteiger partial charge is 0.252 e. The van der Waals surface area contributed by atoms with E-state index in [1.807, 2.05) is 0 Å². The first kappa shape index (κ1) is 20.1. The van der Waals surface area contributed by atoms with Crippen molar-refractivity contribution in [1.82, 2.24) is 20.1 Å². The number of carbonyl (C=O) groups is 2. The summed E-state index contributed by atoms with van der Waals surface area (Å²) >= 11 is 0. The SMILES string of the molecule is CNC(=O)c1ccc(OC2CCC(C(=O)N3CCN(C4CCC4)CC3)CC2)nc1. The van der Waals surface area contributed by atoms with Crippen LogP contribution in [-0.2, 0) is 4.79 Å². The maximum absolute atomic E-state index is 12.9. The summed E-state index contributed by atoms with van der Waals surface area (Å²) in [7, 11) is 1.60. The van der Waals surface area contributed by atoms with Crippen LogP contribution in [0.4, 0.5) is 0 Å². The molecule has 1 aliphatic heterocycles. The summed E-state index contributed by atoms with van der Waals surface area (Å²) in [4.78, 5) is 33.4. The molecule has 3 fully saturated rings. The number of nitrogens with zero attached hydrogens (tertiary/aromatic N) is 3. The Morgan fingerprint density at radius 2 is 1.76 bits per heavy atom. The summed E-state index contributed by atoms with van der Waals surface area (Å²) in [5.74, 6) is 0.856. The lowest BCUT2D eigenvalue weighted by atomic mass is 9.86. The lowest BCUT2D eigenvalue weighted by molar-refractivity contribution is -0.139. The molecule has 2 heterocycles. The van der Waals surface area contributed by atoms with Crippen molar-refractivity contribution in [3.8, 4) is 5.88 Å². The first-order chi connectivity index (χ1) is 14.1. The van der Waals surface area contributed by atoms with Crippen molar-refractivity contribution in [1.29, 1.82) is 0 Å². The lowest BCUT2D eigenvalue weighted by Crippen LogP contribution is -2.54. The van der Waals surface area contributed by atoms with Gasteiger partial charge in [-0.3, -0.25) is 14.5 Å². The van der Waals surface area contributed by atoms with Crippen LogP contribution in [0.25, 0.3) is 0 Å². The molecule has 0 spiro atoms. The number of carbonyl (C=O) groups excluding carboxylic acids is 2. The minimum atomic E-state index is -0.156. The van der Waals surface area contributed by atoms with Crippen molar-refractivity contribution in [3.05, 3.63) is 23.9 Å². The predicted molar refractivity (Wildman–Crippen MR) is 110 cm³/mol. The molecule has 1 aromatic heterocycles. The van der Waals surface area contributed by atoms with E-state index in [9.17, 15) is 9.59 Å². The Bertz CT molecular complexity index is 703. The lowest BCUT2D eigenvalue weighted by Gasteiger charge is -2.43. The van der Waals surface area contributed by atoms with Gasteiger partial charge in [-0.25, -0.2) is 4.98 Å². The zero-order valence-electron chi connectivity index (χ0n) is 17.3. The quantitative estimate of drug-likeness (QED) is 0.819. The third kappa shape index (κ3) is 4.71. The van der Waals surface area contributed by atoms with Gasteiger partial charge >= 0.3 is 0 Å². The van der Waals surface area contributed by atoms with Crippen molar-refractivity contribution in [2.24, 2.45) is 5.92 Å². The van der Waals surface area contributed by atoms with Crippen molar-refractivity contribution < 1.29 is 14.3 Å². The molecule has 1 saturated heterocycles. The summed E-state index contributed by atoms with van der Waals surface area (Å²) in [6, 6.07) is 4.24. The molecular weight excluding hydrogens is 368 g/mol. The van der Waals surface area contributed by atoms with Crippen LogP contribution in [-0.4, -0.2) is 72.0 Å². The molecule has 2 amide bonds. The summed E-state index contributed by atoms with van der Waals surface area (Å²) in [6.45, 7) is 3.83. The second-order valence-electron chi connectivity index (χ2n) is 8.50. The summed E-state index contributed by atoms with van der Waals surface area (Å²) in [6.07, 6.45) is 9.16. The largest absolute Gasteiger partial charge is 0.474 e. The molecule has 1 aromatic rings. The average molecular weight is 401 g/mol. The first-order valence-electron chi connectivity index (χ1n) is 11.0. The minimum absolute atomic E-state index is 0.0906. The Kier molecular flexibility index (Phi) is 6.33. The van der Waals surface area contributed by atoms with E-state index >= 15 is 0 Å². The zero-order chi connectivity index (χ0) is 20.2. The fraction of sp³-hybridized carbons (Fsp3) is 0.682. The molecule has 29 heavy (non-hydrogen) atoms. The maximum atomic E-state index is 12.9. The second-order valence-corrected chi connectivity index (χ2v) is 8.50. The molecule has 0 aromatic carbocycles. The third-order valence-electron chi connectivity index (χ3n) is 6.75. The molecule has 2 saturated carbocycles. The topological polar surface area (TPSA) is 74.8 Å². The highest BCUT2D eigenvalue weighted by atomic mass is 16.5. The van der Waals surface area contributed by atoms with E-state index < -0.39 is 0 Å². The maximum Gasteiger partial charge on any atom is 0.252 e. The fourth-order valence-corrected chi connectivity index (χ4v) is 4.64. The number of hydrogen-bond donors (Lipinski definition) is 1. The number of aromatic nitrogens is 1. The first-order valence-corrected chi connectivity index (χ1v) is 11.0. The Balaban J connectivity index is 1.21. The number of hydrogen-bond acceptors (Lipinski definition) is 5. The van der Waals surface area contributed by atoms with Gasteiger partial charge in [-0.2, -0.15) is 0 Å². The molecule has 158 valence electrons. The van der Waals surface area contributed by atoms with Crippen LogP contribution in [0.3, 0.4) is 0 Å². The molecule has 0 radical (unpaired) electrons. The predicted octanol–water partition coefficient (Wildman–Crippen LogP) is 2.08. The number of rotatable bonds is 5. The zero-order valence-corrected chi connectivity index (χ0v) is 17.3. The van der Waals surface area contributed by atoms with Gasteiger partial charge in [0.1, 0.15) is 6.10 Å². The van der Waals surface area contributed by atoms with Crippen LogP contribution >= 0.6 is 0 Å². The van der Waals surface area contributed by atoms with Crippen molar-refractivity contribution in [3.63, 3.8) is 0 Å². The monoisotopic (exact) mass is 400 g/mol. The Labute approximate surface area is 172 Å². The van der Waals surface area contributed by atoms with Gasteiger partial charge in [0, 0.05) is 57.4 Å². The van der Waals surface area contributed by atoms with Gasteiger partial charge in [-0.1, -0.05) is 6.42 Å². The van der Waals surface area contributed by atoms with E-state index in [2.05, 4.69) is 20.1 Å². The van der Waals surface area contributed by atoms with Crippen molar-refractivity contribution >= 4 is 11.8 Å². The Morgan fingerprint density at radius 3 is 2.31 bits per heavy atom. The number of amides is 2. The second kappa shape index (κ2) is 9.11. The molecular formula is C22H32N4O3. The van der Waals surface area contributed by atoms with Gasteiger partial charge in [0.15, 0.2) is 0 Å². The molecule has 0 bridgehead atoms. The molecule has 7 nitrogen and oxygen atoms in total. The van der Waals surface area contributed by atoms with E-state index in [0.29, 0.717) is 17.4 Å². The van der Waals surface area contributed by atoms with Crippen LogP contribution in [0.1, 0.15) is 55.3 Å². The summed E-state index contributed by atoms with van der Waals surface area (Å²) in [5, 5.41) is 2.58. The minimum Gasteiger partial charge on any atom is -0.474 e. The van der Waals surface area contributed by atoms with E-state index in [1.165, 1.54) is 25.5 Å². The van der Waals surface area contributed by atoms with Crippen LogP contribution < -0.4 is 10.1 Å². The summed E-state index contributed by atoms with van der Waals surface area (Å²) < 4.78 is 5.98. The highest BCUT2D eigenvalue weighted by Gasteiger charge is 2.34. The fourth-order valence-electron chi connectivity index (χ4n) is 4.64. The van der Waals surface area contributed by atoms with Crippen LogP contribution in [0.5, 0.6) is 5.88 Å². The van der Waals surface area contributed by atoms with E-state index in [0.717, 1.165) is 57.9 Å². The Hall–Kier alpha value is -2.15. The molecule has 2 aliphatic carbocycles. The van der Waals surface area contributed by atoms with Crippen LogP contribution in [0, 0.1) is 5.92 Å². The van der Waals surface area contributed by atoms with Gasteiger partial charge in [-0.15, -0.1) is 0 Å². The molecule has 1 N–H and O–H groups in total. The molecule has 0 unspecified atom stereocenters. The molecule has 7 heteroatoms. The van der Waals surface area contributed by atoms with Crippen LogP contribution in [0.2, 0.25) is 0 Å². The summed E-state index contributed by atoms with van der Waals surface area (Å²) in [5.41, 5.74) is 0.520. The van der Waals surface area contributed by atoms with E-state index in [-0.39, 0.29) is 17.9 Å². The van der Waals surface area contributed by atoms with Crippen molar-refractivity contribution in [2.45, 2.75) is 57.1 Å². The molecule has 3 aliphatic rings. The van der Waals surface area contributed by atoms with Gasteiger partial charge < -0.3 is 15.0 Å². The number of nitrogens with one attached hydrogen (secondary N) is 1. The van der Waals surface area contributed by atoms with Gasteiger partial charge in [0.05, 0.1) is 5.56 Å². The third-order valence-corrected chi connectivity index (χ3v) is 6.75. The van der Waals surface area contributed by atoms with Crippen LogP contribution in [0.15, 0.2) is 18.3 Å². The normalized spacial score (nSPS) is 25.9. The average Bonchev–Trinajstić information content (AvgIpc) is 2.73. The Morgan fingerprint density at radius 1 is 1.03 bits per heavy atom. The van der Waals surface area contributed by atoms with Gasteiger partial charge in [0.25, 0.3) is 5.91 Å². The van der Waals surface area contributed by atoms with E-state index in [4.69, 9.17) is 4.74 Å².